The van der Waals surface area contributed by atoms with E-state index in [0.717, 1.165) is 18.2 Å². The molecule has 0 unspecified atom stereocenters. The van der Waals surface area contributed by atoms with Crippen LogP contribution in [0.1, 0.15) is 0 Å². The quantitative estimate of drug-likeness (QED) is 0.799. The predicted octanol–water partition coefficient (Wildman–Crippen LogP) is 3.99. The third kappa shape index (κ3) is 1.86. The van der Waals surface area contributed by atoms with Crippen LogP contribution in [0.2, 0.25) is 5.02 Å². The first-order valence-electron chi connectivity index (χ1n) is 4.52. The molecule has 1 nitrogen and oxygen atoms in total. The molecule has 0 atom stereocenters. The van der Waals surface area contributed by atoms with Gasteiger partial charge in [0.2, 0.25) is 0 Å². The van der Waals surface area contributed by atoms with Gasteiger partial charge in [0.05, 0.1) is 5.02 Å². The molecule has 0 aliphatic carbocycles. The Hall–Kier alpha value is -1.61. The summed E-state index contributed by atoms with van der Waals surface area (Å²) in [6, 6.07) is 7.53. The fraction of sp³-hybridized carbons (Fsp3) is 0. The third-order valence-electron chi connectivity index (χ3n) is 2.21. The maximum absolute atomic E-state index is 13.4. The van der Waals surface area contributed by atoms with Gasteiger partial charge in [-0.25, -0.2) is 8.78 Å². The van der Waals surface area contributed by atoms with Crippen molar-refractivity contribution in [3.63, 3.8) is 0 Å². The summed E-state index contributed by atoms with van der Waals surface area (Å²) in [7, 11) is 0. The van der Waals surface area contributed by atoms with Crippen LogP contribution in [0.4, 0.5) is 8.78 Å². The van der Waals surface area contributed by atoms with E-state index in [-0.39, 0.29) is 21.9 Å². The van der Waals surface area contributed by atoms with Crippen molar-refractivity contribution < 1.29 is 13.9 Å². The Morgan fingerprint density at radius 1 is 1.00 bits per heavy atom. The molecule has 1 N–H and O–H groups in total. The first-order chi connectivity index (χ1) is 7.59. The highest BCUT2D eigenvalue weighted by Crippen LogP contribution is 2.36. The van der Waals surface area contributed by atoms with Crippen LogP contribution in [0.5, 0.6) is 5.75 Å². The normalized spacial score (nSPS) is 10.4. The molecule has 0 amide bonds. The van der Waals surface area contributed by atoms with Crippen molar-refractivity contribution in [3.05, 3.63) is 53.1 Å². The molecule has 4 heteroatoms. The Labute approximate surface area is 95.9 Å². The summed E-state index contributed by atoms with van der Waals surface area (Å²) < 4.78 is 26.4. The lowest BCUT2D eigenvalue weighted by atomic mass is 10.0. The number of benzene rings is 2. The summed E-state index contributed by atoms with van der Waals surface area (Å²) in [5.41, 5.74) is 0.157. The Balaban J connectivity index is 2.67. The zero-order chi connectivity index (χ0) is 11.7. The van der Waals surface area contributed by atoms with Crippen LogP contribution in [0.3, 0.4) is 0 Å². The largest absolute Gasteiger partial charge is 0.506 e. The van der Waals surface area contributed by atoms with Crippen LogP contribution < -0.4 is 0 Å². The molecule has 0 bridgehead atoms. The maximum Gasteiger partial charge on any atom is 0.142 e. The van der Waals surface area contributed by atoms with E-state index in [2.05, 4.69) is 0 Å². The van der Waals surface area contributed by atoms with Gasteiger partial charge in [0.25, 0.3) is 0 Å². The lowest BCUT2D eigenvalue weighted by molar-refractivity contribution is 0.477. The number of hydrogen-bond acceptors (Lipinski definition) is 1. The van der Waals surface area contributed by atoms with Crippen molar-refractivity contribution in [2.24, 2.45) is 0 Å². The average Bonchev–Trinajstić information content (AvgIpc) is 2.26. The standard InChI is InChI=1S/C12H7ClF2O/c13-10-3-1-2-8(12(10)16)9-6-7(14)4-5-11(9)15/h1-6,16H. The Morgan fingerprint density at radius 2 is 1.75 bits per heavy atom. The molecule has 0 aliphatic rings. The molecule has 0 radical (unpaired) electrons. The SMILES string of the molecule is Oc1c(Cl)cccc1-c1cc(F)ccc1F. The molecule has 0 saturated carbocycles. The van der Waals surface area contributed by atoms with Crippen molar-refractivity contribution in [2.75, 3.05) is 0 Å². The zero-order valence-corrected chi connectivity index (χ0v) is 8.80. The van der Waals surface area contributed by atoms with Crippen LogP contribution in [0.25, 0.3) is 11.1 Å². The molecular weight excluding hydrogens is 234 g/mol. The molecule has 0 fully saturated rings. The van der Waals surface area contributed by atoms with Crippen LogP contribution in [-0.2, 0) is 0 Å². The molecular formula is C12H7ClF2O. The summed E-state index contributed by atoms with van der Waals surface area (Å²) in [5, 5.41) is 9.74. The lowest BCUT2D eigenvalue weighted by Gasteiger charge is -2.07. The summed E-state index contributed by atoms with van der Waals surface area (Å²) in [4.78, 5) is 0. The average molecular weight is 241 g/mol. The first-order valence-corrected chi connectivity index (χ1v) is 4.90. The van der Waals surface area contributed by atoms with E-state index in [1.807, 2.05) is 0 Å². The van der Waals surface area contributed by atoms with Crippen molar-refractivity contribution in [1.82, 2.24) is 0 Å². The number of phenols is 1. The Morgan fingerprint density at radius 3 is 2.50 bits per heavy atom. The molecule has 0 aromatic heterocycles. The predicted molar refractivity (Wildman–Crippen MR) is 58.5 cm³/mol. The second-order valence-corrected chi connectivity index (χ2v) is 3.67. The molecule has 0 spiro atoms. The van der Waals surface area contributed by atoms with E-state index < -0.39 is 11.6 Å². The van der Waals surface area contributed by atoms with E-state index >= 15 is 0 Å². The highest BCUT2D eigenvalue weighted by molar-refractivity contribution is 6.32. The number of hydrogen-bond donors (Lipinski definition) is 1. The minimum absolute atomic E-state index is 0.0139. The van der Waals surface area contributed by atoms with E-state index in [1.165, 1.54) is 12.1 Å². The number of aromatic hydroxyl groups is 1. The number of rotatable bonds is 1. The molecule has 16 heavy (non-hydrogen) atoms. The topological polar surface area (TPSA) is 20.2 Å². The van der Waals surface area contributed by atoms with Crippen LogP contribution in [-0.4, -0.2) is 5.11 Å². The highest BCUT2D eigenvalue weighted by atomic mass is 35.5. The van der Waals surface area contributed by atoms with Gasteiger partial charge in [-0.05, 0) is 24.3 Å². The van der Waals surface area contributed by atoms with Crippen molar-refractivity contribution in [1.29, 1.82) is 0 Å². The van der Waals surface area contributed by atoms with Crippen LogP contribution in [0.15, 0.2) is 36.4 Å². The lowest BCUT2D eigenvalue weighted by Crippen LogP contribution is -1.87. The minimum Gasteiger partial charge on any atom is -0.506 e. The molecule has 2 aromatic carbocycles. The summed E-state index contributed by atoms with van der Waals surface area (Å²) >= 11 is 5.69. The number of phenolic OH excluding ortho intramolecular Hbond substituents is 1. The first kappa shape index (κ1) is 10.9. The molecule has 0 aliphatic heterocycles. The highest BCUT2D eigenvalue weighted by Gasteiger charge is 2.12. The van der Waals surface area contributed by atoms with E-state index in [9.17, 15) is 13.9 Å². The van der Waals surface area contributed by atoms with Crippen LogP contribution in [0, 0.1) is 11.6 Å². The molecule has 2 aromatic rings. The zero-order valence-electron chi connectivity index (χ0n) is 8.05. The summed E-state index contributed by atoms with van der Waals surface area (Å²) in [6.07, 6.45) is 0. The molecule has 0 saturated heterocycles. The Bertz CT molecular complexity index is 541. The maximum atomic E-state index is 13.4. The van der Waals surface area contributed by atoms with Gasteiger partial charge in [0.15, 0.2) is 0 Å². The van der Waals surface area contributed by atoms with Gasteiger partial charge in [-0.15, -0.1) is 0 Å². The van der Waals surface area contributed by atoms with E-state index in [4.69, 9.17) is 11.6 Å². The Kier molecular flexibility index (Phi) is 2.79. The van der Waals surface area contributed by atoms with Gasteiger partial charge in [-0.1, -0.05) is 23.7 Å². The second-order valence-electron chi connectivity index (χ2n) is 3.26. The number of para-hydroxylation sites is 1. The van der Waals surface area contributed by atoms with E-state index in [1.54, 1.807) is 6.07 Å². The van der Waals surface area contributed by atoms with Crippen molar-refractivity contribution in [3.8, 4) is 16.9 Å². The van der Waals surface area contributed by atoms with Gasteiger partial charge in [-0.2, -0.15) is 0 Å². The fourth-order valence-corrected chi connectivity index (χ4v) is 1.61. The summed E-state index contributed by atoms with van der Waals surface area (Å²) in [6.45, 7) is 0. The summed E-state index contributed by atoms with van der Waals surface area (Å²) in [5.74, 6) is -1.44. The molecule has 82 valence electrons. The van der Waals surface area contributed by atoms with Crippen molar-refractivity contribution in [2.45, 2.75) is 0 Å². The van der Waals surface area contributed by atoms with Gasteiger partial charge < -0.3 is 5.11 Å². The molecule has 0 heterocycles. The van der Waals surface area contributed by atoms with Crippen molar-refractivity contribution >= 4 is 11.6 Å². The van der Waals surface area contributed by atoms with Gasteiger partial charge in [0, 0.05) is 11.1 Å². The van der Waals surface area contributed by atoms with Gasteiger partial charge in [-0.3, -0.25) is 0 Å². The van der Waals surface area contributed by atoms with Gasteiger partial charge >= 0.3 is 0 Å². The monoisotopic (exact) mass is 240 g/mol. The number of halogens is 3. The van der Waals surface area contributed by atoms with Gasteiger partial charge in [0.1, 0.15) is 17.4 Å². The van der Waals surface area contributed by atoms with Crippen LogP contribution >= 0.6 is 11.6 Å². The minimum atomic E-state index is -0.612. The molecule has 2 rings (SSSR count). The third-order valence-corrected chi connectivity index (χ3v) is 2.51. The smallest absolute Gasteiger partial charge is 0.142 e. The van der Waals surface area contributed by atoms with E-state index in [0.29, 0.717) is 0 Å². The fourth-order valence-electron chi connectivity index (χ4n) is 1.44. The second kappa shape index (κ2) is 4.10.